The fourth-order valence-corrected chi connectivity index (χ4v) is 1.72. The SMILES string of the molecule is CC(C)c1nc2c(c(C(C)C)n1)OCCN2. The van der Waals surface area contributed by atoms with Gasteiger partial charge in [-0.3, -0.25) is 0 Å². The number of anilines is 1. The van der Waals surface area contributed by atoms with Gasteiger partial charge < -0.3 is 10.1 Å². The molecule has 0 saturated heterocycles. The molecule has 0 fully saturated rings. The topological polar surface area (TPSA) is 47.0 Å². The lowest BCUT2D eigenvalue weighted by molar-refractivity contribution is 0.313. The van der Waals surface area contributed by atoms with Gasteiger partial charge >= 0.3 is 0 Å². The number of hydrogen-bond donors (Lipinski definition) is 1. The van der Waals surface area contributed by atoms with E-state index in [1.54, 1.807) is 0 Å². The van der Waals surface area contributed by atoms with Gasteiger partial charge in [0.1, 0.15) is 12.4 Å². The van der Waals surface area contributed by atoms with Crippen LogP contribution < -0.4 is 10.1 Å². The summed E-state index contributed by atoms with van der Waals surface area (Å²) in [6, 6.07) is 0. The normalized spacial score (nSPS) is 14.6. The van der Waals surface area contributed by atoms with E-state index in [1.165, 1.54) is 0 Å². The Morgan fingerprint density at radius 1 is 1.12 bits per heavy atom. The minimum atomic E-state index is 0.339. The molecule has 1 aromatic heterocycles. The van der Waals surface area contributed by atoms with E-state index in [0.717, 1.165) is 29.6 Å². The number of aromatic nitrogens is 2. The Hall–Kier alpha value is -1.32. The zero-order chi connectivity index (χ0) is 11.7. The molecule has 0 bridgehead atoms. The standard InChI is InChI=1S/C12H19N3O/c1-7(2)9-10-12(13-5-6-16-10)15-11(14-9)8(3)4/h7-8H,5-6H2,1-4H3,(H,13,14,15). The molecule has 0 amide bonds. The van der Waals surface area contributed by atoms with Crippen molar-refractivity contribution in [2.24, 2.45) is 0 Å². The van der Waals surface area contributed by atoms with E-state index in [2.05, 4.69) is 43.0 Å². The molecule has 16 heavy (non-hydrogen) atoms. The van der Waals surface area contributed by atoms with E-state index in [9.17, 15) is 0 Å². The molecule has 2 heterocycles. The molecule has 0 aliphatic carbocycles. The van der Waals surface area contributed by atoms with Crippen LogP contribution in [-0.4, -0.2) is 23.1 Å². The van der Waals surface area contributed by atoms with Crippen LogP contribution in [-0.2, 0) is 0 Å². The van der Waals surface area contributed by atoms with E-state index < -0.39 is 0 Å². The molecular formula is C12H19N3O. The van der Waals surface area contributed by atoms with Crippen LogP contribution >= 0.6 is 0 Å². The summed E-state index contributed by atoms with van der Waals surface area (Å²) >= 11 is 0. The zero-order valence-electron chi connectivity index (χ0n) is 10.4. The van der Waals surface area contributed by atoms with Crippen molar-refractivity contribution in [1.29, 1.82) is 0 Å². The third-order valence-electron chi connectivity index (χ3n) is 2.61. The Morgan fingerprint density at radius 3 is 2.50 bits per heavy atom. The zero-order valence-corrected chi connectivity index (χ0v) is 10.4. The second-order valence-corrected chi connectivity index (χ2v) is 4.73. The van der Waals surface area contributed by atoms with Gasteiger partial charge in [0.05, 0.1) is 12.2 Å². The lowest BCUT2D eigenvalue weighted by Crippen LogP contribution is -2.22. The molecule has 0 aromatic carbocycles. The molecule has 0 atom stereocenters. The average molecular weight is 221 g/mol. The van der Waals surface area contributed by atoms with Crippen molar-refractivity contribution in [2.75, 3.05) is 18.5 Å². The quantitative estimate of drug-likeness (QED) is 0.833. The largest absolute Gasteiger partial charge is 0.486 e. The molecule has 1 aromatic rings. The third kappa shape index (κ3) is 1.96. The number of hydrogen-bond acceptors (Lipinski definition) is 4. The second kappa shape index (κ2) is 4.28. The summed E-state index contributed by atoms with van der Waals surface area (Å²) in [7, 11) is 0. The lowest BCUT2D eigenvalue weighted by Gasteiger charge is -2.23. The van der Waals surface area contributed by atoms with Crippen molar-refractivity contribution in [2.45, 2.75) is 39.5 Å². The van der Waals surface area contributed by atoms with Crippen molar-refractivity contribution < 1.29 is 4.74 Å². The van der Waals surface area contributed by atoms with Gasteiger partial charge in [0.2, 0.25) is 0 Å². The highest BCUT2D eigenvalue weighted by molar-refractivity contribution is 5.55. The molecular weight excluding hydrogens is 202 g/mol. The predicted octanol–water partition coefficient (Wildman–Crippen LogP) is 2.53. The number of ether oxygens (including phenoxy) is 1. The molecule has 0 saturated carbocycles. The summed E-state index contributed by atoms with van der Waals surface area (Å²) in [5.41, 5.74) is 1.01. The van der Waals surface area contributed by atoms with Gasteiger partial charge in [-0.25, -0.2) is 9.97 Å². The summed E-state index contributed by atoms with van der Waals surface area (Å²) in [4.78, 5) is 9.12. The molecule has 0 spiro atoms. The molecule has 0 radical (unpaired) electrons. The molecule has 0 unspecified atom stereocenters. The maximum atomic E-state index is 5.66. The predicted molar refractivity (Wildman–Crippen MR) is 64.2 cm³/mol. The average Bonchev–Trinajstić information content (AvgIpc) is 2.27. The summed E-state index contributed by atoms with van der Waals surface area (Å²) in [6.45, 7) is 9.98. The van der Waals surface area contributed by atoms with Crippen LogP contribution in [0, 0.1) is 0 Å². The fourth-order valence-electron chi connectivity index (χ4n) is 1.72. The van der Waals surface area contributed by atoms with Crippen molar-refractivity contribution in [3.8, 4) is 5.75 Å². The maximum Gasteiger partial charge on any atom is 0.183 e. The molecule has 4 nitrogen and oxygen atoms in total. The number of rotatable bonds is 2. The van der Waals surface area contributed by atoms with Crippen LogP contribution in [0.25, 0.3) is 0 Å². The monoisotopic (exact) mass is 221 g/mol. The summed E-state index contributed by atoms with van der Waals surface area (Å²) in [5, 5.41) is 3.28. The van der Waals surface area contributed by atoms with Crippen molar-refractivity contribution in [3.05, 3.63) is 11.5 Å². The Labute approximate surface area is 96.4 Å². The van der Waals surface area contributed by atoms with E-state index in [0.29, 0.717) is 18.4 Å². The van der Waals surface area contributed by atoms with Crippen molar-refractivity contribution in [1.82, 2.24) is 9.97 Å². The van der Waals surface area contributed by atoms with Crippen LogP contribution in [0.15, 0.2) is 0 Å². The van der Waals surface area contributed by atoms with E-state index in [4.69, 9.17) is 4.74 Å². The molecule has 1 N–H and O–H groups in total. The lowest BCUT2D eigenvalue weighted by atomic mass is 10.1. The van der Waals surface area contributed by atoms with Crippen LogP contribution in [0.5, 0.6) is 5.75 Å². The van der Waals surface area contributed by atoms with Crippen LogP contribution in [0.1, 0.15) is 51.0 Å². The van der Waals surface area contributed by atoms with Gasteiger partial charge in [-0.15, -0.1) is 0 Å². The summed E-state index contributed by atoms with van der Waals surface area (Å²) < 4.78 is 5.66. The van der Waals surface area contributed by atoms with Crippen molar-refractivity contribution in [3.63, 3.8) is 0 Å². The first-order valence-electron chi connectivity index (χ1n) is 5.88. The van der Waals surface area contributed by atoms with Crippen LogP contribution in [0.2, 0.25) is 0 Å². The fraction of sp³-hybridized carbons (Fsp3) is 0.667. The van der Waals surface area contributed by atoms with Gasteiger partial charge in [-0.05, 0) is 5.92 Å². The van der Waals surface area contributed by atoms with Crippen LogP contribution in [0.4, 0.5) is 5.82 Å². The summed E-state index contributed by atoms with van der Waals surface area (Å²) in [5.74, 6) is 3.28. The first-order valence-corrected chi connectivity index (χ1v) is 5.88. The van der Waals surface area contributed by atoms with Gasteiger partial charge in [-0.1, -0.05) is 27.7 Å². The number of nitrogens with one attached hydrogen (secondary N) is 1. The van der Waals surface area contributed by atoms with Crippen molar-refractivity contribution >= 4 is 5.82 Å². The second-order valence-electron chi connectivity index (χ2n) is 4.73. The van der Waals surface area contributed by atoms with Gasteiger partial charge in [0.25, 0.3) is 0 Å². The number of nitrogens with zero attached hydrogens (tertiary/aromatic N) is 2. The molecule has 1 aliphatic heterocycles. The Morgan fingerprint density at radius 2 is 1.88 bits per heavy atom. The molecule has 2 rings (SSSR count). The van der Waals surface area contributed by atoms with E-state index in [1.807, 2.05) is 0 Å². The highest BCUT2D eigenvalue weighted by Crippen LogP contribution is 2.34. The minimum Gasteiger partial charge on any atom is -0.486 e. The first-order chi connectivity index (χ1) is 7.59. The highest BCUT2D eigenvalue weighted by Gasteiger charge is 2.21. The Balaban J connectivity index is 2.52. The molecule has 4 heteroatoms. The Bertz CT molecular complexity index is 388. The number of fused-ring (bicyclic) bond motifs is 1. The highest BCUT2D eigenvalue weighted by atomic mass is 16.5. The first kappa shape index (κ1) is 11.2. The van der Waals surface area contributed by atoms with Gasteiger partial charge in [0.15, 0.2) is 11.6 Å². The Kier molecular flexibility index (Phi) is 2.99. The smallest absolute Gasteiger partial charge is 0.183 e. The molecule has 88 valence electrons. The van der Waals surface area contributed by atoms with E-state index >= 15 is 0 Å². The molecule has 1 aliphatic rings. The third-order valence-corrected chi connectivity index (χ3v) is 2.61. The van der Waals surface area contributed by atoms with Gasteiger partial charge in [-0.2, -0.15) is 0 Å². The van der Waals surface area contributed by atoms with Crippen LogP contribution in [0.3, 0.4) is 0 Å². The van der Waals surface area contributed by atoms with Gasteiger partial charge in [0, 0.05) is 5.92 Å². The van der Waals surface area contributed by atoms with E-state index in [-0.39, 0.29) is 0 Å². The maximum absolute atomic E-state index is 5.66. The summed E-state index contributed by atoms with van der Waals surface area (Å²) in [6.07, 6.45) is 0. The minimum absolute atomic E-state index is 0.339.